The van der Waals surface area contributed by atoms with E-state index in [1.807, 2.05) is 12.1 Å². The summed E-state index contributed by atoms with van der Waals surface area (Å²) in [7, 11) is 4.24. The van der Waals surface area contributed by atoms with E-state index in [4.69, 9.17) is 4.98 Å². The number of aromatic nitrogens is 2. The molecule has 0 saturated heterocycles. The van der Waals surface area contributed by atoms with E-state index in [9.17, 15) is 4.79 Å². The zero-order valence-electron chi connectivity index (χ0n) is 23.1. The van der Waals surface area contributed by atoms with Crippen LogP contribution in [0, 0.1) is 11.8 Å². The fraction of sp³-hybridized carbons (Fsp3) is 0.724. The molecular formula is C29H49N5O. The number of rotatable bonds is 13. The highest BCUT2D eigenvalue weighted by atomic mass is 16.2. The van der Waals surface area contributed by atoms with Gasteiger partial charge in [-0.15, -0.1) is 0 Å². The topological polar surface area (TPSA) is 53.4 Å². The van der Waals surface area contributed by atoms with Crippen molar-refractivity contribution in [3.63, 3.8) is 0 Å². The standard InChI is InChI=1S/C29H49N5O/c1-22(2)15-19-33(20-16-23(3)4)28(35)24-13-14-26-27(21-24)34(18-10-17-32(5)6)29(31-26)30-25-11-8-7-9-12-25/h13-14,21-23,25H,7-12,15-20H2,1-6H3,(H,30,31). The fourth-order valence-electron chi connectivity index (χ4n) is 4.89. The van der Waals surface area contributed by atoms with Gasteiger partial charge < -0.3 is 19.7 Å². The van der Waals surface area contributed by atoms with Crippen LogP contribution in [0.3, 0.4) is 0 Å². The second-order valence-electron chi connectivity index (χ2n) is 11.6. The highest BCUT2D eigenvalue weighted by Crippen LogP contribution is 2.26. The molecule has 3 rings (SSSR count). The number of benzene rings is 1. The van der Waals surface area contributed by atoms with Crippen molar-refractivity contribution in [2.75, 3.05) is 39.0 Å². The number of hydrogen-bond acceptors (Lipinski definition) is 4. The van der Waals surface area contributed by atoms with Crippen LogP contribution >= 0.6 is 0 Å². The van der Waals surface area contributed by atoms with Gasteiger partial charge in [0, 0.05) is 31.2 Å². The first-order valence-electron chi connectivity index (χ1n) is 14.0. The minimum absolute atomic E-state index is 0.149. The quantitative estimate of drug-likeness (QED) is 0.365. The molecule has 1 amide bonds. The molecule has 2 aromatic rings. The maximum atomic E-state index is 13.6. The number of fused-ring (bicyclic) bond motifs is 1. The average Bonchev–Trinajstić information content (AvgIpc) is 3.15. The average molecular weight is 484 g/mol. The van der Waals surface area contributed by atoms with Gasteiger partial charge in [-0.3, -0.25) is 4.79 Å². The minimum atomic E-state index is 0.149. The van der Waals surface area contributed by atoms with E-state index >= 15 is 0 Å². The van der Waals surface area contributed by atoms with Crippen molar-refractivity contribution < 1.29 is 4.79 Å². The summed E-state index contributed by atoms with van der Waals surface area (Å²) >= 11 is 0. The summed E-state index contributed by atoms with van der Waals surface area (Å²) in [6.45, 7) is 12.5. The third-order valence-corrected chi connectivity index (χ3v) is 7.16. The van der Waals surface area contributed by atoms with Crippen LogP contribution in [-0.2, 0) is 6.54 Å². The monoisotopic (exact) mass is 483 g/mol. The molecule has 0 atom stereocenters. The van der Waals surface area contributed by atoms with Crippen LogP contribution in [0.1, 0.15) is 89.4 Å². The van der Waals surface area contributed by atoms with Crippen molar-refractivity contribution in [3.8, 4) is 0 Å². The van der Waals surface area contributed by atoms with Crippen LogP contribution in [0.2, 0.25) is 0 Å². The van der Waals surface area contributed by atoms with E-state index < -0.39 is 0 Å². The van der Waals surface area contributed by atoms with E-state index in [1.165, 1.54) is 32.1 Å². The Morgan fingerprint density at radius 2 is 1.69 bits per heavy atom. The molecule has 0 bridgehead atoms. The summed E-state index contributed by atoms with van der Waals surface area (Å²) in [6, 6.07) is 6.60. The van der Waals surface area contributed by atoms with Crippen LogP contribution in [0.15, 0.2) is 18.2 Å². The molecule has 1 aliphatic rings. The van der Waals surface area contributed by atoms with E-state index in [1.54, 1.807) is 0 Å². The molecule has 196 valence electrons. The number of amides is 1. The Morgan fingerprint density at radius 3 is 2.29 bits per heavy atom. The van der Waals surface area contributed by atoms with E-state index in [0.29, 0.717) is 17.9 Å². The van der Waals surface area contributed by atoms with Gasteiger partial charge in [0.25, 0.3) is 5.91 Å². The molecule has 1 heterocycles. The lowest BCUT2D eigenvalue weighted by atomic mass is 9.96. The number of anilines is 1. The fourth-order valence-corrected chi connectivity index (χ4v) is 4.89. The third kappa shape index (κ3) is 8.23. The summed E-state index contributed by atoms with van der Waals surface area (Å²) in [5.41, 5.74) is 2.82. The number of hydrogen-bond donors (Lipinski definition) is 1. The van der Waals surface area contributed by atoms with Crippen molar-refractivity contribution >= 4 is 22.9 Å². The number of aryl methyl sites for hydroxylation is 1. The van der Waals surface area contributed by atoms with Gasteiger partial charge in [-0.25, -0.2) is 4.98 Å². The number of carbonyl (C=O) groups excluding carboxylic acids is 1. The summed E-state index contributed by atoms with van der Waals surface area (Å²) in [4.78, 5) is 22.9. The first-order chi connectivity index (χ1) is 16.7. The van der Waals surface area contributed by atoms with Crippen molar-refractivity contribution in [3.05, 3.63) is 23.8 Å². The molecule has 1 aliphatic carbocycles. The van der Waals surface area contributed by atoms with Crippen LogP contribution in [-0.4, -0.2) is 65.0 Å². The number of imidazole rings is 1. The SMILES string of the molecule is CC(C)CCN(CCC(C)C)C(=O)c1ccc2nc(NC3CCCCC3)n(CCCN(C)C)c2c1. The summed E-state index contributed by atoms with van der Waals surface area (Å²) in [6.07, 6.45) is 9.46. The Kier molecular flexibility index (Phi) is 10.4. The maximum absolute atomic E-state index is 13.6. The largest absolute Gasteiger partial charge is 0.353 e. The summed E-state index contributed by atoms with van der Waals surface area (Å²) < 4.78 is 2.32. The van der Waals surface area contributed by atoms with Crippen LogP contribution in [0.5, 0.6) is 0 Å². The lowest BCUT2D eigenvalue weighted by Crippen LogP contribution is -2.34. The van der Waals surface area contributed by atoms with Crippen molar-refractivity contribution in [1.82, 2.24) is 19.4 Å². The van der Waals surface area contributed by atoms with Gasteiger partial charge in [0.1, 0.15) is 0 Å². The molecule has 1 saturated carbocycles. The molecule has 0 unspecified atom stereocenters. The second-order valence-corrected chi connectivity index (χ2v) is 11.6. The van der Waals surface area contributed by atoms with Gasteiger partial charge in [0.15, 0.2) is 0 Å². The minimum Gasteiger partial charge on any atom is -0.353 e. The van der Waals surface area contributed by atoms with E-state index in [-0.39, 0.29) is 5.91 Å². The molecule has 1 aromatic heterocycles. The lowest BCUT2D eigenvalue weighted by Gasteiger charge is -2.25. The summed E-state index contributed by atoms with van der Waals surface area (Å²) in [5.74, 6) is 2.28. The number of carbonyl (C=O) groups is 1. The molecule has 35 heavy (non-hydrogen) atoms. The maximum Gasteiger partial charge on any atom is 0.253 e. The van der Waals surface area contributed by atoms with Crippen molar-refractivity contribution in [2.45, 2.75) is 91.6 Å². The first-order valence-corrected chi connectivity index (χ1v) is 14.0. The van der Waals surface area contributed by atoms with Crippen LogP contribution in [0.4, 0.5) is 5.95 Å². The van der Waals surface area contributed by atoms with Gasteiger partial charge in [-0.05, 0) is 82.8 Å². The molecule has 6 nitrogen and oxygen atoms in total. The highest BCUT2D eigenvalue weighted by molar-refractivity contribution is 5.97. The van der Waals surface area contributed by atoms with Gasteiger partial charge >= 0.3 is 0 Å². The highest BCUT2D eigenvalue weighted by Gasteiger charge is 2.21. The normalized spacial score (nSPS) is 15.0. The van der Waals surface area contributed by atoms with Gasteiger partial charge in [-0.1, -0.05) is 47.0 Å². The molecule has 6 heteroatoms. The van der Waals surface area contributed by atoms with E-state index in [2.05, 4.69) is 67.5 Å². The zero-order valence-corrected chi connectivity index (χ0v) is 23.1. The Hall–Kier alpha value is -2.08. The molecule has 1 N–H and O–H groups in total. The number of nitrogens with one attached hydrogen (secondary N) is 1. The van der Waals surface area contributed by atoms with Crippen molar-refractivity contribution in [1.29, 1.82) is 0 Å². The second kappa shape index (κ2) is 13.3. The first kappa shape index (κ1) is 27.5. The van der Waals surface area contributed by atoms with Gasteiger partial charge in [-0.2, -0.15) is 0 Å². The third-order valence-electron chi connectivity index (χ3n) is 7.16. The molecule has 0 spiro atoms. The molecule has 0 radical (unpaired) electrons. The van der Waals surface area contributed by atoms with Gasteiger partial charge in [0.05, 0.1) is 11.0 Å². The lowest BCUT2D eigenvalue weighted by molar-refractivity contribution is 0.0741. The summed E-state index contributed by atoms with van der Waals surface area (Å²) in [5, 5.41) is 3.76. The smallest absolute Gasteiger partial charge is 0.253 e. The number of nitrogens with zero attached hydrogens (tertiary/aromatic N) is 4. The Balaban J connectivity index is 1.88. The molecule has 1 fully saturated rings. The molecule has 0 aliphatic heterocycles. The Labute approximate surface area is 213 Å². The predicted octanol–water partition coefficient (Wildman–Crippen LogP) is 6.27. The predicted molar refractivity (Wildman–Crippen MR) is 148 cm³/mol. The molecular weight excluding hydrogens is 434 g/mol. The Morgan fingerprint density at radius 1 is 1.03 bits per heavy atom. The zero-order chi connectivity index (χ0) is 25.4. The molecule has 1 aromatic carbocycles. The Bertz CT molecular complexity index is 915. The van der Waals surface area contributed by atoms with Crippen LogP contribution in [0.25, 0.3) is 11.0 Å². The van der Waals surface area contributed by atoms with E-state index in [0.717, 1.165) is 68.0 Å². The van der Waals surface area contributed by atoms with Crippen molar-refractivity contribution in [2.24, 2.45) is 11.8 Å². The van der Waals surface area contributed by atoms with Crippen LogP contribution < -0.4 is 5.32 Å². The van der Waals surface area contributed by atoms with Gasteiger partial charge in [0.2, 0.25) is 5.95 Å².